The maximum absolute atomic E-state index is 15.0. The molecule has 0 radical (unpaired) electrons. The van der Waals surface area contributed by atoms with E-state index in [1.54, 1.807) is 24.0 Å². The van der Waals surface area contributed by atoms with Crippen molar-refractivity contribution in [1.29, 1.82) is 0 Å². The molecular formula is C24H24F2N2O2S. The lowest BCUT2D eigenvalue weighted by Crippen LogP contribution is -2.58. The van der Waals surface area contributed by atoms with Crippen molar-refractivity contribution in [2.45, 2.75) is 49.0 Å². The van der Waals surface area contributed by atoms with E-state index < -0.39 is 34.5 Å². The van der Waals surface area contributed by atoms with Gasteiger partial charge in [-0.2, -0.15) is 0 Å². The fourth-order valence-electron chi connectivity index (χ4n) is 5.51. The van der Waals surface area contributed by atoms with E-state index in [1.807, 2.05) is 31.7 Å². The highest BCUT2D eigenvalue weighted by Crippen LogP contribution is 2.59. The fourth-order valence-corrected chi connectivity index (χ4v) is 6.57. The zero-order chi connectivity index (χ0) is 22.1. The van der Waals surface area contributed by atoms with Gasteiger partial charge in [-0.1, -0.05) is 32.9 Å². The zero-order valence-corrected chi connectivity index (χ0v) is 18.5. The average Bonchev–Trinajstić information content (AvgIpc) is 3.02. The molecule has 3 aliphatic heterocycles. The molecular weight excluding hydrogens is 418 g/mol. The Kier molecular flexibility index (Phi) is 4.49. The zero-order valence-electron chi connectivity index (χ0n) is 17.7. The van der Waals surface area contributed by atoms with Crippen LogP contribution in [-0.2, 0) is 10.2 Å². The molecule has 31 heavy (non-hydrogen) atoms. The normalized spacial score (nSPS) is 24.2. The molecule has 2 atom stereocenters. The average molecular weight is 443 g/mol. The van der Waals surface area contributed by atoms with Crippen LogP contribution in [0, 0.1) is 11.6 Å². The minimum atomic E-state index is -1.08. The number of carboxylic acid groups (broad SMARTS) is 1. The second-order valence-electron chi connectivity index (χ2n) is 9.42. The Morgan fingerprint density at radius 3 is 2.77 bits per heavy atom. The van der Waals surface area contributed by atoms with Gasteiger partial charge in [-0.25, -0.2) is 13.6 Å². The Bertz CT molecular complexity index is 1140. The third kappa shape index (κ3) is 2.71. The maximum Gasteiger partial charge on any atom is 0.330 e. The van der Waals surface area contributed by atoms with Gasteiger partial charge in [0.1, 0.15) is 0 Å². The highest BCUT2D eigenvalue weighted by atomic mass is 32.2. The summed E-state index contributed by atoms with van der Waals surface area (Å²) in [6, 6.07) is 6.16. The SMILES string of the molecule is CC(C)(C)c1c(-c2cccc(F)c2F)cc2c3c1[C@H]1C=NCC[C@]1(C(=O)O)N3CCS2. The summed E-state index contributed by atoms with van der Waals surface area (Å²) in [6.45, 7) is 7.21. The van der Waals surface area contributed by atoms with Crippen molar-refractivity contribution in [1.82, 2.24) is 0 Å². The van der Waals surface area contributed by atoms with E-state index in [1.165, 1.54) is 6.07 Å². The molecule has 0 aliphatic carbocycles. The minimum absolute atomic E-state index is 0.210. The number of carbonyl (C=O) groups is 1. The Balaban J connectivity index is 1.91. The van der Waals surface area contributed by atoms with Crippen LogP contribution in [0.1, 0.15) is 44.2 Å². The number of aliphatic carboxylic acids is 1. The number of carboxylic acids is 1. The van der Waals surface area contributed by atoms with Crippen molar-refractivity contribution >= 4 is 29.6 Å². The summed E-state index contributed by atoms with van der Waals surface area (Å²) in [5.74, 6) is -2.31. The standard InChI is InChI=1S/C24H24F2N2O2S/c1-23(2,3)19-14(13-5-4-6-16(25)20(13)26)11-17-21-18(19)15-12-27-8-7-24(15,22(29)30)28(21)9-10-31-17/h4-6,11-12,15H,7-10H2,1-3H3,(H,29,30)/t15-,24+/m1/s1. The van der Waals surface area contributed by atoms with Crippen molar-refractivity contribution in [3.8, 4) is 11.1 Å². The third-order valence-corrected chi connectivity index (χ3v) is 7.70. The number of halogens is 2. The number of benzene rings is 2. The summed E-state index contributed by atoms with van der Waals surface area (Å²) in [7, 11) is 0. The van der Waals surface area contributed by atoms with Gasteiger partial charge < -0.3 is 10.0 Å². The second-order valence-corrected chi connectivity index (χ2v) is 10.6. The summed E-state index contributed by atoms with van der Waals surface area (Å²) >= 11 is 1.65. The van der Waals surface area contributed by atoms with Gasteiger partial charge in [0.05, 0.1) is 11.6 Å². The molecule has 3 aliphatic rings. The first-order valence-corrected chi connectivity index (χ1v) is 11.5. The predicted octanol–water partition coefficient (Wildman–Crippen LogP) is 5.24. The first-order chi connectivity index (χ1) is 14.7. The van der Waals surface area contributed by atoms with Gasteiger partial charge in [0, 0.05) is 41.9 Å². The maximum atomic E-state index is 15.0. The van der Waals surface area contributed by atoms with Crippen LogP contribution in [0.15, 0.2) is 34.2 Å². The van der Waals surface area contributed by atoms with E-state index in [0.29, 0.717) is 25.1 Å². The number of rotatable bonds is 2. The number of thioether (sulfide) groups is 1. The van der Waals surface area contributed by atoms with Gasteiger partial charge in [0.2, 0.25) is 0 Å². The number of nitrogens with zero attached hydrogens (tertiary/aromatic N) is 2. The third-order valence-electron chi connectivity index (χ3n) is 6.69. The van der Waals surface area contributed by atoms with Gasteiger partial charge >= 0.3 is 5.97 Å². The van der Waals surface area contributed by atoms with Crippen LogP contribution in [0.5, 0.6) is 0 Å². The Morgan fingerprint density at radius 1 is 1.29 bits per heavy atom. The van der Waals surface area contributed by atoms with Crippen LogP contribution in [0.2, 0.25) is 0 Å². The number of hydrogen-bond acceptors (Lipinski definition) is 4. The van der Waals surface area contributed by atoms with E-state index in [4.69, 9.17) is 0 Å². The van der Waals surface area contributed by atoms with Crippen molar-refractivity contribution < 1.29 is 18.7 Å². The molecule has 0 amide bonds. The molecule has 0 saturated heterocycles. The number of fused-ring (bicyclic) bond motifs is 3. The van der Waals surface area contributed by atoms with Crippen LogP contribution < -0.4 is 4.90 Å². The van der Waals surface area contributed by atoms with Crippen LogP contribution >= 0.6 is 11.8 Å². The minimum Gasteiger partial charge on any atom is -0.479 e. The topological polar surface area (TPSA) is 52.9 Å². The van der Waals surface area contributed by atoms with E-state index >= 15 is 0 Å². The van der Waals surface area contributed by atoms with Crippen molar-refractivity contribution in [3.05, 3.63) is 47.0 Å². The van der Waals surface area contributed by atoms with Crippen molar-refractivity contribution in [3.63, 3.8) is 0 Å². The van der Waals surface area contributed by atoms with Crippen molar-refractivity contribution in [2.75, 3.05) is 23.7 Å². The van der Waals surface area contributed by atoms with Crippen LogP contribution in [-0.4, -0.2) is 41.7 Å². The predicted molar refractivity (Wildman–Crippen MR) is 120 cm³/mol. The van der Waals surface area contributed by atoms with Crippen molar-refractivity contribution in [2.24, 2.45) is 4.99 Å². The van der Waals surface area contributed by atoms with Gasteiger partial charge in [0.15, 0.2) is 17.2 Å². The summed E-state index contributed by atoms with van der Waals surface area (Å²) in [4.78, 5) is 20.2. The highest BCUT2D eigenvalue weighted by Gasteiger charge is 2.60. The van der Waals surface area contributed by atoms with Gasteiger partial charge in [0.25, 0.3) is 0 Å². The van der Waals surface area contributed by atoms with E-state index in [9.17, 15) is 18.7 Å². The summed E-state index contributed by atoms with van der Waals surface area (Å²) < 4.78 is 29.1. The highest BCUT2D eigenvalue weighted by molar-refractivity contribution is 7.99. The molecule has 5 rings (SSSR count). The molecule has 4 nitrogen and oxygen atoms in total. The lowest BCUT2D eigenvalue weighted by atomic mass is 9.71. The van der Waals surface area contributed by atoms with E-state index in [2.05, 4.69) is 4.99 Å². The molecule has 0 aromatic heterocycles. The van der Waals surface area contributed by atoms with Crippen LogP contribution in [0.25, 0.3) is 11.1 Å². The Hall–Kier alpha value is -2.41. The van der Waals surface area contributed by atoms with Gasteiger partial charge in [-0.15, -0.1) is 11.8 Å². The van der Waals surface area contributed by atoms with E-state index in [-0.39, 0.29) is 5.56 Å². The quantitative estimate of drug-likeness (QED) is 0.691. The Morgan fingerprint density at radius 2 is 2.06 bits per heavy atom. The smallest absolute Gasteiger partial charge is 0.330 e. The number of anilines is 1. The summed E-state index contributed by atoms with van der Waals surface area (Å²) in [5, 5.41) is 10.4. The van der Waals surface area contributed by atoms with Gasteiger partial charge in [-0.05, 0) is 34.2 Å². The molecule has 2 aromatic carbocycles. The number of aliphatic imine (C=N–C) groups is 1. The lowest BCUT2D eigenvalue weighted by molar-refractivity contribution is -0.143. The Labute approximate surface area is 184 Å². The molecule has 0 bridgehead atoms. The molecule has 162 valence electrons. The first kappa shape index (κ1) is 20.5. The molecule has 0 unspecified atom stereocenters. The molecule has 3 heterocycles. The van der Waals surface area contributed by atoms with Gasteiger partial charge in [-0.3, -0.25) is 4.99 Å². The molecule has 0 fully saturated rings. The summed E-state index contributed by atoms with van der Waals surface area (Å²) in [6.07, 6.45) is 2.20. The second kappa shape index (κ2) is 6.79. The van der Waals surface area contributed by atoms with E-state index in [0.717, 1.165) is 33.5 Å². The number of hydrogen-bond donors (Lipinski definition) is 1. The molecule has 0 saturated carbocycles. The monoisotopic (exact) mass is 442 g/mol. The summed E-state index contributed by atoms with van der Waals surface area (Å²) in [5.41, 5.74) is 2.04. The fraction of sp³-hybridized carbons (Fsp3) is 0.417. The molecule has 2 aromatic rings. The molecule has 7 heteroatoms. The molecule has 1 N–H and O–H groups in total. The van der Waals surface area contributed by atoms with Crippen LogP contribution in [0.4, 0.5) is 14.5 Å². The lowest BCUT2D eigenvalue weighted by Gasteiger charge is -2.42. The van der Waals surface area contributed by atoms with Crippen LogP contribution in [0.3, 0.4) is 0 Å². The molecule has 0 spiro atoms. The first-order valence-electron chi connectivity index (χ1n) is 10.5. The largest absolute Gasteiger partial charge is 0.479 e.